The molecule has 34 heavy (non-hydrogen) atoms. The van der Waals surface area contributed by atoms with Crippen molar-refractivity contribution in [3.8, 4) is 22.3 Å². The second-order valence-electron chi connectivity index (χ2n) is 8.03. The van der Waals surface area contributed by atoms with Gasteiger partial charge in [0.05, 0.1) is 25.3 Å². The lowest BCUT2D eigenvalue weighted by atomic mass is 9.95. The summed E-state index contributed by atoms with van der Waals surface area (Å²) in [5.41, 5.74) is 8.41. The molecule has 2 heterocycles. The van der Waals surface area contributed by atoms with Crippen molar-refractivity contribution in [1.82, 2.24) is 9.97 Å². The molecule has 5 aromatic rings. The molecule has 4 nitrogen and oxygen atoms in total. The molecule has 0 radical (unpaired) electrons. The monoisotopic (exact) mass is 484 g/mol. The number of aryl methyl sites for hydroxylation is 2. The lowest BCUT2D eigenvalue weighted by Gasteiger charge is -2.14. The van der Waals surface area contributed by atoms with Gasteiger partial charge in [-0.2, -0.15) is 0 Å². The van der Waals surface area contributed by atoms with Crippen molar-refractivity contribution in [2.24, 2.45) is 0 Å². The molecule has 0 N–H and O–H groups in total. The Balaban J connectivity index is 1.70. The molecule has 0 amide bonds. The van der Waals surface area contributed by atoms with Crippen LogP contribution in [-0.4, -0.2) is 24.2 Å². The fourth-order valence-electron chi connectivity index (χ4n) is 4.28. The minimum Gasteiger partial charge on any atom is -0.314 e. The van der Waals surface area contributed by atoms with E-state index in [4.69, 9.17) is 18.3 Å². The van der Waals surface area contributed by atoms with E-state index in [1.165, 1.54) is 24.1 Å². The minimum absolute atomic E-state index is 0.930. The summed E-state index contributed by atoms with van der Waals surface area (Å²) in [6, 6.07) is 25.5. The van der Waals surface area contributed by atoms with E-state index in [1.807, 2.05) is 13.8 Å². The Morgan fingerprint density at radius 1 is 0.559 bits per heavy atom. The number of fused-ring (bicyclic) bond motifs is 3. The molecule has 0 unspecified atom stereocenters. The Kier molecular flexibility index (Phi) is 6.57. The molecule has 2 aromatic heterocycles. The van der Waals surface area contributed by atoms with Gasteiger partial charge in [0, 0.05) is 56.0 Å². The van der Waals surface area contributed by atoms with E-state index >= 15 is 0 Å². The Labute approximate surface area is 208 Å². The van der Waals surface area contributed by atoms with Crippen LogP contribution in [0.25, 0.3) is 44.1 Å². The first-order chi connectivity index (χ1) is 16.6. The number of rotatable bonds is 6. The fourth-order valence-corrected chi connectivity index (χ4v) is 5.16. The Hall–Kier alpha value is -2.90. The quantitative estimate of drug-likeness (QED) is 0.179. The highest BCUT2D eigenvalue weighted by atomic mass is 32.2. The van der Waals surface area contributed by atoms with Crippen LogP contribution in [0, 0.1) is 13.8 Å². The Morgan fingerprint density at radius 3 is 1.29 bits per heavy atom. The maximum Gasteiger partial charge on any atom is 0.0974 e. The highest BCUT2D eigenvalue weighted by Gasteiger charge is 2.14. The van der Waals surface area contributed by atoms with Crippen molar-refractivity contribution in [2.75, 3.05) is 14.2 Å². The molecule has 0 bridgehead atoms. The average molecular weight is 485 g/mol. The summed E-state index contributed by atoms with van der Waals surface area (Å²) in [5, 5.41) is 2.20. The molecule has 0 aliphatic carbocycles. The van der Waals surface area contributed by atoms with Gasteiger partial charge < -0.3 is 8.37 Å². The number of aromatic nitrogens is 2. The van der Waals surface area contributed by atoms with Gasteiger partial charge in [-0.15, -0.1) is 0 Å². The first kappa shape index (κ1) is 22.9. The number of nitrogens with zero attached hydrogens (tertiary/aromatic N) is 2. The standard InChI is InChI=1S/C28H24N2O2S2/c1-17-15-25(19-5-9-21(10-6-19)33-31-3)23-13-14-24-26(16-18(2)30-28(24)27(23)29-17)20-7-11-22(12-8-20)34-32-4/h5-16H,1-4H3. The normalized spacial score (nSPS) is 11.4. The molecule has 0 aliphatic rings. The highest BCUT2D eigenvalue weighted by molar-refractivity contribution is 7.94. The number of pyridine rings is 2. The Morgan fingerprint density at radius 2 is 0.941 bits per heavy atom. The van der Waals surface area contributed by atoms with E-state index in [2.05, 4.69) is 72.8 Å². The van der Waals surface area contributed by atoms with Crippen LogP contribution in [0.1, 0.15) is 11.4 Å². The number of hydrogen-bond acceptors (Lipinski definition) is 6. The second kappa shape index (κ2) is 9.76. The third-order valence-corrected chi connectivity index (χ3v) is 6.97. The topological polar surface area (TPSA) is 44.2 Å². The summed E-state index contributed by atoms with van der Waals surface area (Å²) >= 11 is 2.72. The van der Waals surface area contributed by atoms with E-state index in [0.29, 0.717) is 0 Å². The second-order valence-corrected chi connectivity index (χ2v) is 9.97. The van der Waals surface area contributed by atoms with E-state index < -0.39 is 0 Å². The third kappa shape index (κ3) is 4.42. The van der Waals surface area contributed by atoms with Crippen LogP contribution >= 0.6 is 24.1 Å². The van der Waals surface area contributed by atoms with Crippen molar-refractivity contribution in [3.63, 3.8) is 0 Å². The molecule has 6 heteroatoms. The molecular formula is C28H24N2O2S2. The van der Waals surface area contributed by atoms with Crippen molar-refractivity contribution in [1.29, 1.82) is 0 Å². The van der Waals surface area contributed by atoms with Crippen LogP contribution in [-0.2, 0) is 8.37 Å². The van der Waals surface area contributed by atoms with Crippen LogP contribution < -0.4 is 0 Å². The third-order valence-electron chi connectivity index (χ3n) is 5.70. The summed E-state index contributed by atoms with van der Waals surface area (Å²) < 4.78 is 10.4. The van der Waals surface area contributed by atoms with Gasteiger partial charge in [-0.25, -0.2) is 0 Å². The first-order valence-electron chi connectivity index (χ1n) is 10.9. The number of benzene rings is 3. The van der Waals surface area contributed by atoms with E-state index in [-0.39, 0.29) is 0 Å². The zero-order valence-electron chi connectivity index (χ0n) is 19.5. The van der Waals surface area contributed by atoms with Gasteiger partial charge in [0.2, 0.25) is 0 Å². The van der Waals surface area contributed by atoms with Crippen molar-refractivity contribution in [2.45, 2.75) is 23.6 Å². The average Bonchev–Trinajstić information content (AvgIpc) is 2.84. The molecule has 0 fully saturated rings. The molecule has 0 saturated heterocycles. The van der Waals surface area contributed by atoms with Crippen molar-refractivity contribution >= 4 is 45.9 Å². The van der Waals surface area contributed by atoms with Gasteiger partial charge in [0.25, 0.3) is 0 Å². The summed E-state index contributed by atoms with van der Waals surface area (Å²) in [6.45, 7) is 4.08. The molecule has 170 valence electrons. The molecular weight excluding hydrogens is 460 g/mol. The van der Waals surface area contributed by atoms with Gasteiger partial charge in [0.15, 0.2) is 0 Å². The summed E-state index contributed by atoms with van der Waals surface area (Å²) in [4.78, 5) is 12.0. The Bertz CT molecular complexity index is 1370. The smallest absolute Gasteiger partial charge is 0.0974 e. The van der Waals surface area contributed by atoms with Crippen LogP contribution in [0.3, 0.4) is 0 Å². The van der Waals surface area contributed by atoms with Crippen molar-refractivity contribution < 1.29 is 8.37 Å². The van der Waals surface area contributed by atoms with Gasteiger partial charge in [0.1, 0.15) is 0 Å². The lowest BCUT2D eigenvalue weighted by molar-refractivity contribution is 0.489. The van der Waals surface area contributed by atoms with Gasteiger partial charge in [-0.05, 0) is 72.5 Å². The van der Waals surface area contributed by atoms with Crippen LogP contribution in [0.2, 0.25) is 0 Å². The van der Waals surface area contributed by atoms with Gasteiger partial charge >= 0.3 is 0 Å². The van der Waals surface area contributed by atoms with E-state index in [0.717, 1.165) is 65.2 Å². The highest BCUT2D eigenvalue weighted by Crippen LogP contribution is 2.37. The maximum absolute atomic E-state index is 5.18. The van der Waals surface area contributed by atoms with E-state index in [9.17, 15) is 0 Å². The fraction of sp³-hybridized carbons (Fsp3) is 0.143. The molecule has 5 rings (SSSR count). The zero-order chi connectivity index (χ0) is 23.7. The predicted molar refractivity (Wildman–Crippen MR) is 143 cm³/mol. The summed E-state index contributed by atoms with van der Waals surface area (Å²) in [5.74, 6) is 0. The maximum atomic E-state index is 5.18. The van der Waals surface area contributed by atoms with Gasteiger partial charge in [-0.3, -0.25) is 9.97 Å². The lowest BCUT2D eigenvalue weighted by Crippen LogP contribution is -1.94. The minimum atomic E-state index is 0.930. The van der Waals surface area contributed by atoms with E-state index in [1.54, 1.807) is 14.2 Å². The molecule has 0 atom stereocenters. The summed E-state index contributed by atoms with van der Waals surface area (Å²) in [7, 11) is 3.36. The summed E-state index contributed by atoms with van der Waals surface area (Å²) in [6.07, 6.45) is 0. The zero-order valence-corrected chi connectivity index (χ0v) is 21.1. The molecule has 0 saturated carbocycles. The van der Waals surface area contributed by atoms with Crippen LogP contribution in [0.4, 0.5) is 0 Å². The van der Waals surface area contributed by atoms with Gasteiger partial charge in [-0.1, -0.05) is 36.4 Å². The molecule has 3 aromatic carbocycles. The number of hydrogen-bond donors (Lipinski definition) is 0. The van der Waals surface area contributed by atoms with Crippen LogP contribution in [0.5, 0.6) is 0 Å². The largest absolute Gasteiger partial charge is 0.314 e. The predicted octanol–water partition coefficient (Wildman–Crippen LogP) is 8.04. The first-order valence-corrected chi connectivity index (χ1v) is 12.4. The SMILES string of the molecule is COSc1ccc(-c2cc(C)nc3c2ccc2c(-c4ccc(SOC)cc4)cc(C)nc23)cc1. The van der Waals surface area contributed by atoms with Crippen LogP contribution in [0.15, 0.2) is 82.6 Å². The molecule has 0 aliphatic heterocycles. The molecule has 0 spiro atoms. The van der Waals surface area contributed by atoms with Crippen molar-refractivity contribution in [3.05, 3.63) is 84.2 Å².